The van der Waals surface area contributed by atoms with Crippen LogP contribution in [0.25, 0.3) is 5.57 Å². The summed E-state index contributed by atoms with van der Waals surface area (Å²) >= 11 is 0. The highest BCUT2D eigenvalue weighted by molar-refractivity contribution is 5.69. The smallest absolute Gasteiger partial charge is 0.164 e. The molecule has 0 amide bonds. The zero-order chi connectivity index (χ0) is 10.4. The van der Waals surface area contributed by atoms with Gasteiger partial charge in [0.1, 0.15) is 5.82 Å². The first-order chi connectivity index (χ1) is 7.25. The largest absolute Gasteiger partial charge is 0.238 e. The molecule has 3 heteroatoms. The van der Waals surface area contributed by atoms with Crippen molar-refractivity contribution < 1.29 is 0 Å². The van der Waals surface area contributed by atoms with Crippen LogP contribution in [0.4, 0.5) is 0 Å². The second kappa shape index (κ2) is 2.86. The van der Waals surface area contributed by atoms with Gasteiger partial charge in [0.2, 0.25) is 0 Å². The standard InChI is InChI=1S/C12H11N3/c1-7-11-9-5-3-4-6-10(9)15-12(11)14-8(2)13-7/h3-4,6H,5H2,1-2H3. The number of aromatic nitrogens is 2. The predicted molar refractivity (Wildman–Crippen MR) is 57.5 cm³/mol. The van der Waals surface area contributed by atoms with Gasteiger partial charge < -0.3 is 0 Å². The summed E-state index contributed by atoms with van der Waals surface area (Å²) in [5.41, 5.74) is 4.19. The summed E-state index contributed by atoms with van der Waals surface area (Å²) < 4.78 is 0. The van der Waals surface area contributed by atoms with Crippen LogP contribution in [0, 0.1) is 13.8 Å². The molecule has 0 spiro atoms. The molecule has 0 radical (unpaired) electrons. The van der Waals surface area contributed by atoms with Crippen molar-refractivity contribution >= 4 is 5.57 Å². The maximum Gasteiger partial charge on any atom is 0.164 e. The van der Waals surface area contributed by atoms with Crippen LogP contribution < -0.4 is 10.7 Å². The molecule has 0 saturated heterocycles. The Balaban J connectivity index is 2.47. The topological polar surface area (TPSA) is 38.1 Å². The lowest BCUT2D eigenvalue weighted by molar-refractivity contribution is 0.944. The van der Waals surface area contributed by atoms with Crippen LogP contribution in [0.2, 0.25) is 0 Å². The fraction of sp³-hybridized carbons (Fsp3) is 0.250. The third kappa shape index (κ3) is 1.16. The van der Waals surface area contributed by atoms with Gasteiger partial charge in [0.05, 0.1) is 11.4 Å². The molecule has 2 heterocycles. The molecule has 0 bridgehead atoms. The molecule has 1 aromatic rings. The van der Waals surface area contributed by atoms with Gasteiger partial charge >= 0.3 is 0 Å². The summed E-state index contributed by atoms with van der Waals surface area (Å²) in [6.45, 7) is 3.93. The van der Waals surface area contributed by atoms with E-state index in [2.05, 4.69) is 21.0 Å². The zero-order valence-corrected chi connectivity index (χ0v) is 8.78. The van der Waals surface area contributed by atoms with Gasteiger partial charge in [-0.25, -0.2) is 15.0 Å². The molecule has 15 heavy (non-hydrogen) atoms. The van der Waals surface area contributed by atoms with Gasteiger partial charge in [-0.3, -0.25) is 0 Å². The van der Waals surface area contributed by atoms with Crippen molar-refractivity contribution in [3.05, 3.63) is 46.1 Å². The van der Waals surface area contributed by atoms with Gasteiger partial charge in [0.25, 0.3) is 0 Å². The molecule has 0 unspecified atom stereocenters. The van der Waals surface area contributed by atoms with E-state index in [0.717, 1.165) is 34.3 Å². The molecule has 1 aromatic heterocycles. The van der Waals surface area contributed by atoms with E-state index in [9.17, 15) is 0 Å². The third-order valence-corrected chi connectivity index (χ3v) is 2.73. The lowest BCUT2D eigenvalue weighted by Gasteiger charge is -2.04. The summed E-state index contributed by atoms with van der Waals surface area (Å²) in [6, 6.07) is 0. The number of hydrogen-bond acceptors (Lipinski definition) is 3. The highest BCUT2D eigenvalue weighted by Gasteiger charge is 2.16. The minimum Gasteiger partial charge on any atom is -0.238 e. The van der Waals surface area contributed by atoms with Crippen molar-refractivity contribution in [2.45, 2.75) is 20.3 Å². The molecule has 1 aliphatic carbocycles. The van der Waals surface area contributed by atoms with Gasteiger partial charge in [-0.1, -0.05) is 12.2 Å². The lowest BCUT2D eigenvalue weighted by atomic mass is 10.0. The van der Waals surface area contributed by atoms with Crippen molar-refractivity contribution in [2.75, 3.05) is 0 Å². The van der Waals surface area contributed by atoms with Gasteiger partial charge in [-0.05, 0) is 31.9 Å². The molecule has 3 rings (SSSR count). The lowest BCUT2D eigenvalue weighted by Crippen LogP contribution is -2.31. The van der Waals surface area contributed by atoms with E-state index in [4.69, 9.17) is 0 Å². The number of aryl methyl sites for hydroxylation is 2. The maximum atomic E-state index is 4.52. The first kappa shape index (κ1) is 8.53. The first-order valence-electron chi connectivity index (χ1n) is 5.06. The van der Waals surface area contributed by atoms with Crippen LogP contribution in [0.5, 0.6) is 0 Å². The fourth-order valence-corrected chi connectivity index (χ4v) is 2.13. The quantitative estimate of drug-likeness (QED) is 0.614. The van der Waals surface area contributed by atoms with Crippen LogP contribution in [-0.2, 0) is 0 Å². The van der Waals surface area contributed by atoms with Crippen LogP contribution >= 0.6 is 0 Å². The van der Waals surface area contributed by atoms with Crippen molar-refractivity contribution in [1.29, 1.82) is 0 Å². The van der Waals surface area contributed by atoms with E-state index in [0.29, 0.717) is 0 Å². The second-order valence-electron chi connectivity index (χ2n) is 3.83. The van der Waals surface area contributed by atoms with Gasteiger partial charge in [-0.15, -0.1) is 0 Å². The summed E-state index contributed by atoms with van der Waals surface area (Å²) in [5, 5.41) is 1.14. The molecule has 0 saturated carbocycles. The van der Waals surface area contributed by atoms with Crippen molar-refractivity contribution in [3.63, 3.8) is 0 Å². The minimum absolute atomic E-state index is 0.794. The molecule has 0 atom stereocenters. The van der Waals surface area contributed by atoms with E-state index >= 15 is 0 Å². The minimum atomic E-state index is 0.794. The Morgan fingerprint density at radius 1 is 1.20 bits per heavy atom. The van der Waals surface area contributed by atoms with Crippen molar-refractivity contribution in [3.8, 4) is 0 Å². The number of fused-ring (bicyclic) bond motifs is 2. The Labute approximate surface area is 87.6 Å². The summed E-state index contributed by atoms with van der Waals surface area (Å²) in [7, 11) is 0. The van der Waals surface area contributed by atoms with E-state index in [1.807, 2.05) is 26.0 Å². The Bertz CT molecular complexity index is 621. The SMILES string of the molecule is Cc1nc(C)c2c(n1)=NC1=CC=CCC=21. The molecule has 1 aliphatic heterocycles. The number of hydrogen-bond donors (Lipinski definition) is 0. The molecule has 0 fully saturated rings. The predicted octanol–water partition coefficient (Wildman–Crippen LogP) is 0.721. The number of nitrogens with zero attached hydrogens (tertiary/aromatic N) is 3. The zero-order valence-electron chi connectivity index (χ0n) is 8.78. The van der Waals surface area contributed by atoms with E-state index in [1.54, 1.807) is 0 Å². The van der Waals surface area contributed by atoms with Gasteiger partial charge in [0, 0.05) is 5.22 Å². The average molecular weight is 197 g/mol. The van der Waals surface area contributed by atoms with Gasteiger partial charge in [0.15, 0.2) is 5.49 Å². The molecule has 3 nitrogen and oxygen atoms in total. The molecule has 0 N–H and O–H groups in total. The normalized spacial score (nSPS) is 16.9. The highest BCUT2D eigenvalue weighted by atomic mass is 15.0. The fourth-order valence-electron chi connectivity index (χ4n) is 2.13. The Morgan fingerprint density at radius 2 is 2.07 bits per heavy atom. The number of rotatable bonds is 0. The van der Waals surface area contributed by atoms with E-state index in [-0.39, 0.29) is 0 Å². The molecule has 2 aliphatic rings. The van der Waals surface area contributed by atoms with E-state index < -0.39 is 0 Å². The Kier molecular flexibility index (Phi) is 1.63. The molecular formula is C12H11N3. The summed E-state index contributed by atoms with van der Waals surface area (Å²) in [4.78, 5) is 13.3. The molecule has 0 aromatic carbocycles. The maximum absolute atomic E-state index is 4.52. The number of allylic oxidation sites excluding steroid dienone is 4. The highest BCUT2D eigenvalue weighted by Crippen LogP contribution is 2.21. The summed E-state index contributed by atoms with van der Waals surface area (Å²) in [6.07, 6.45) is 7.16. The Morgan fingerprint density at radius 3 is 2.93 bits per heavy atom. The second-order valence-corrected chi connectivity index (χ2v) is 3.83. The van der Waals surface area contributed by atoms with Crippen LogP contribution in [0.3, 0.4) is 0 Å². The van der Waals surface area contributed by atoms with Crippen LogP contribution in [-0.4, -0.2) is 9.97 Å². The summed E-state index contributed by atoms with van der Waals surface area (Å²) in [5.74, 6) is 0.794. The van der Waals surface area contributed by atoms with E-state index in [1.165, 1.54) is 5.57 Å². The van der Waals surface area contributed by atoms with Gasteiger partial charge in [-0.2, -0.15) is 0 Å². The van der Waals surface area contributed by atoms with Crippen molar-refractivity contribution in [1.82, 2.24) is 9.97 Å². The molecular weight excluding hydrogens is 186 g/mol. The monoisotopic (exact) mass is 197 g/mol. The van der Waals surface area contributed by atoms with Crippen LogP contribution in [0.1, 0.15) is 17.9 Å². The first-order valence-corrected chi connectivity index (χ1v) is 5.06. The van der Waals surface area contributed by atoms with Crippen LogP contribution in [0.15, 0.2) is 28.9 Å². The average Bonchev–Trinajstić information content (AvgIpc) is 2.54. The van der Waals surface area contributed by atoms with Crippen molar-refractivity contribution in [2.24, 2.45) is 4.99 Å². The Hall–Kier alpha value is -1.77. The third-order valence-electron chi connectivity index (χ3n) is 2.73. The molecule has 74 valence electrons.